The van der Waals surface area contributed by atoms with Gasteiger partial charge in [0.2, 0.25) is 0 Å². The van der Waals surface area contributed by atoms with E-state index in [1.807, 2.05) is 24.3 Å². The van der Waals surface area contributed by atoms with Gasteiger partial charge >= 0.3 is 0 Å². The number of hydrogen-bond acceptors (Lipinski definition) is 7. The fraction of sp³-hybridized carbons (Fsp3) is 0.387. The van der Waals surface area contributed by atoms with E-state index in [9.17, 15) is 9.90 Å². The summed E-state index contributed by atoms with van der Waals surface area (Å²) in [5.41, 5.74) is 10.8. The van der Waals surface area contributed by atoms with E-state index < -0.39 is 11.5 Å². The summed E-state index contributed by atoms with van der Waals surface area (Å²) in [5.74, 6) is -0.476. The van der Waals surface area contributed by atoms with Gasteiger partial charge in [-0.1, -0.05) is 54.1 Å². The largest absolute Gasteiger partial charge is 0.388 e. The minimum Gasteiger partial charge on any atom is -0.388 e. The van der Waals surface area contributed by atoms with E-state index in [1.54, 1.807) is 7.05 Å². The molecule has 2 aromatic rings. The maximum Gasteiger partial charge on any atom is 0.279 e. The van der Waals surface area contributed by atoms with Crippen molar-refractivity contribution in [3.63, 3.8) is 0 Å². The highest BCUT2D eigenvalue weighted by molar-refractivity contribution is 6.47. The molecule has 1 saturated heterocycles. The van der Waals surface area contributed by atoms with Gasteiger partial charge < -0.3 is 16.2 Å². The Kier molecular flexibility index (Phi) is 8.51. The van der Waals surface area contributed by atoms with Crippen molar-refractivity contribution in [2.75, 3.05) is 26.7 Å². The quantitative estimate of drug-likeness (QED) is 0.386. The monoisotopic (exact) mass is 560 g/mol. The number of nitrogens with one attached hydrogen (secondary N) is 2. The molecule has 0 spiro atoms. The second-order valence-corrected chi connectivity index (χ2v) is 11.3. The average molecular weight is 561 g/mol. The molecule has 1 fully saturated rings. The molecule has 0 aromatic heterocycles. The Hall–Kier alpha value is -3.30. The standard InChI is InChI=1S/C31H37ClN6O2/c1-35-28(23-8-6-21(17-33)7-9-23)29-27(34)30(39)38(20-36-29)19-31(40)12-14-37(15-13-31)18-25-11-10-24(16-26(25)32)22-4-2-3-5-22/h4,6-11,16,20,34-35,40H,2-3,5,12-15,17-19,33H2,1H3/b29-28+,34-27?. The fourth-order valence-corrected chi connectivity index (χ4v) is 5.89. The van der Waals surface area contributed by atoms with Crippen LogP contribution in [-0.2, 0) is 17.9 Å². The predicted molar refractivity (Wildman–Crippen MR) is 161 cm³/mol. The predicted octanol–water partition coefficient (Wildman–Crippen LogP) is 4.17. The van der Waals surface area contributed by atoms with Crippen LogP contribution >= 0.6 is 11.6 Å². The van der Waals surface area contributed by atoms with Gasteiger partial charge in [0.05, 0.1) is 24.2 Å². The number of carbonyl (C=O) groups excluding carboxylic acids is 1. The number of amides is 1. The first-order valence-corrected chi connectivity index (χ1v) is 14.3. The van der Waals surface area contributed by atoms with Crippen molar-refractivity contribution >= 4 is 40.8 Å². The molecule has 8 nitrogen and oxygen atoms in total. The summed E-state index contributed by atoms with van der Waals surface area (Å²) in [6, 6.07) is 14.0. The van der Waals surface area contributed by atoms with Crippen molar-refractivity contribution < 1.29 is 9.90 Å². The average Bonchev–Trinajstić information content (AvgIpc) is 3.51. The van der Waals surface area contributed by atoms with Gasteiger partial charge in [-0.05, 0) is 66.0 Å². The Bertz CT molecular complexity index is 1370. The van der Waals surface area contributed by atoms with Crippen molar-refractivity contribution in [2.24, 2.45) is 10.7 Å². The zero-order valence-corrected chi connectivity index (χ0v) is 23.7. The van der Waals surface area contributed by atoms with Gasteiger partial charge in [0.25, 0.3) is 5.91 Å². The van der Waals surface area contributed by atoms with Gasteiger partial charge in [-0.2, -0.15) is 0 Å². The third-order valence-electron chi connectivity index (χ3n) is 8.11. The molecule has 2 aromatic carbocycles. The van der Waals surface area contributed by atoms with E-state index in [4.69, 9.17) is 22.7 Å². The SMILES string of the molecule is CN/C(=C1/N=CN(CC2(O)CCN(Cc3ccc(C4=CCCC4)cc3Cl)CC2)C(=O)C1=N)c1ccc(CN)cc1. The number of nitrogens with two attached hydrogens (primary N) is 1. The van der Waals surface area contributed by atoms with Crippen LogP contribution in [0.5, 0.6) is 0 Å². The van der Waals surface area contributed by atoms with Gasteiger partial charge in [-0.25, -0.2) is 4.99 Å². The molecule has 5 rings (SSSR count). The number of nitrogens with zero attached hydrogens (tertiary/aromatic N) is 3. The number of β-amino-alcohol motifs (C(OH)–C–C–N with tert-alkyl or cyclic N) is 1. The first kappa shape index (κ1) is 28.2. The number of likely N-dealkylation sites (tertiary alicyclic amines) is 1. The van der Waals surface area contributed by atoms with E-state index in [0.29, 0.717) is 38.2 Å². The Morgan fingerprint density at radius 1 is 1.20 bits per heavy atom. The number of hydrogen-bond donors (Lipinski definition) is 4. The molecule has 0 bridgehead atoms. The zero-order chi connectivity index (χ0) is 28.3. The number of piperidine rings is 1. The third kappa shape index (κ3) is 6.05. The van der Waals surface area contributed by atoms with Crippen LogP contribution in [0, 0.1) is 5.41 Å². The number of carbonyl (C=O) groups is 1. The number of rotatable bonds is 8. The van der Waals surface area contributed by atoms with Crippen molar-refractivity contribution in [3.05, 3.63) is 81.5 Å². The highest BCUT2D eigenvalue weighted by Crippen LogP contribution is 2.32. The molecule has 5 N–H and O–H groups in total. The van der Waals surface area contributed by atoms with E-state index in [1.165, 1.54) is 28.8 Å². The van der Waals surface area contributed by atoms with E-state index in [2.05, 4.69) is 39.5 Å². The minimum atomic E-state index is -1.05. The topological polar surface area (TPSA) is 118 Å². The van der Waals surface area contributed by atoms with Crippen LogP contribution in [0.4, 0.5) is 0 Å². The lowest BCUT2D eigenvalue weighted by molar-refractivity contribution is -0.124. The lowest BCUT2D eigenvalue weighted by Crippen LogP contribution is -2.53. The van der Waals surface area contributed by atoms with Crippen molar-refractivity contribution in [3.8, 4) is 0 Å². The number of allylic oxidation sites excluding steroid dienone is 2. The first-order chi connectivity index (χ1) is 19.3. The maximum absolute atomic E-state index is 13.2. The number of halogens is 1. The maximum atomic E-state index is 13.2. The van der Waals surface area contributed by atoms with Crippen LogP contribution in [0.1, 0.15) is 54.4 Å². The summed E-state index contributed by atoms with van der Waals surface area (Å²) in [7, 11) is 1.74. The molecule has 0 saturated carbocycles. The molecule has 0 radical (unpaired) electrons. The highest BCUT2D eigenvalue weighted by Gasteiger charge is 2.38. The van der Waals surface area contributed by atoms with Crippen LogP contribution in [-0.4, -0.2) is 65.1 Å². The molecule has 0 unspecified atom stereocenters. The second kappa shape index (κ2) is 12.1. The summed E-state index contributed by atoms with van der Waals surface area (Å²) >= 11 is 6.64. The fourth-order valence-electron chi connectivity index (χ4n) is 5.65. The molecule has 9 heteroatoms. The van der Waals surface area contributed by atoms with Crippen molar-refractivity contribution in [1.82, 2.24) is 15.1 Å². The van der Waals surface area contributed by atoms with Crippen LogP contribution in [0.25, 0.3) is 11.3 Å². The molecule has 1 amide bonds. The van der Waals surface area contributed by atoms with E-state index >= 15 is 0 Å². The summed E-state index contributed by atoms with van der Waals surface area (Å²) < 4.78 is 0. The number of benzene rings is 2. The molecule has 2 aliphatic heterocycles. The zero-order valence-electron chi connectivity index (χ0n) is 22.9. The lowest BCUT2D eigenvalue weighted by atomic mass is 9.90. The molecule has 3 aliphatic rings. The number of aliphatic hydroxyl groups is 1. The number of aliphatic imine (C=N–C) groups is 1. The van der Waals surface area contributed by atoms with Gasteiger partial charge in [0.15, 0.2) is 0 Å². The van der Waals surface area contributed by atoms with Gasteiger partial charge in [0.1, 0.15) is 11.4 Å². The Balaban J connectivity index is 1.21. The Morgan fingerprint density at radius 2 is 1.95 bits per heavy atom. The van der Waals surface area contributed by atoms with Crippen molar-refractivity contribution in [1.29, 1.82) is 5.41 Å². The third-order valence-corrected chi connectivity index (χ3v) is 8.46. The normalized spacial score (nSPS) is 20.6. The van der Waals surface area contributed by atoms with E-state index in [0.717, 1.165) is 41.1 Å². The Labute approximate surface area is 240 Å². The van der Waals surface area contributed by atoms with Crippen LogP contribution in [0.2, 0.25) is 5.02 Å². The van der Waals surface area contributed by atoms with Crippen molar-refractivity contribution in [2.45, 2.75) is 50.8 Å². The van der Waals surface area contributed by atoms with Crippen LogP contribution in [0.15, 0.2) is 59.2 Å². The molecule has 2 heterocycles. The summed E-state index contributed by atoms with van der Waals surface area (Å²) in [4.78, 5) is 21.3. The molecule has 210 valence electrons. The van der Waals surface area contributed by atoms with E-state index in [-0.39, 0.29) is 18.0 Å². The molecule has 1 aliphatic carbocycles. The molecular weight excluding hydrogens is 524 g/mol. The smallest absolute Gasteiger partial charge is 0.279 e. The van der Waals surface area contributed by atoms with Gasteiger partial charge in [-0.3, -0.25) is 20.0 Å². The van der Waals surface area contributed by atoms with Crippen LogP contribution < -0.4 is 11.1 Å². The summed E-state index contributed by atoms with van der Waals surface area (Å²) in [6.07, 6.45) is 8.22. The minimum absolute atomic E-state index is 0.101. The Morgan fingerprint density at radius 3 is 2.58 bits per heavy atom. The molecular formula is C31H37ClN6O2. The first-order valence-electron chi connectivity index (χ1n) is 13.9. The van der Waals surface area contributed by atoms with Gasteiger partial charge in [-0.15, -0.1) is 0 Å². The lowest BCUT2D eigenvalue weighted by Gasteiger charge is -2.40. The summed E-state index contributed by atoms with van der Waals surface area (Å²) in [6.45, 7) is 2.63. The second-order valence-electron chi connectivity index (χ2n) is 10.9. The molecule has 0 atom stereocenters. The summed E-state index contributed by atoms with van der Waals surface area (Å²) in [5, 5.41) is 23.8. The highest BCUT2D eigenvalue weighted by atomic mass is 35.5. The van der Waals surface area contributed by atoms with Crippen LogP contribution in [0.3, 0.4) is 0 Å². The molecule has 40 heavy (non-hydrogen) atoms. The van der Waals surface area contributed by atoms with Gasteiger partial charge in [0, 0.05) is 38.2 Å².